The summed E-state index contributed by atoms with van der Waals surface area (Å²) in [5.74, 6) is -1.12. The van der Waals surface area contributed by atoms with Crippen LogP contribution in [-0.2, 0) is 9.53 Å². The van der Waals surface area contributed by atoms with Crippen LogP contribution in [-0.4, -0.2) is 45.5 Å². The topological polar surface area (TPSA) is 87.1 Å². The van der Waals surface area contributed by atoms with E-state index in [-0.39, 0.29) is 6.10 Å². The molecule has 1 saturated heterocycles. The van der Waals surface area contributed by atoms with E-state index in [2.05, 4.69) is 0 Å². The van der Waals surface area contributed by atoms with Crippen molar-refractivity contribution < 1.29 is 24.5 Å². The summed E-state index contributed by atoms with van der Waals surface area (Å²) in [6, 6.07) is -0.980. The molecular weight excluding hydrogens is 202 g/mol. The molecule has 0 aromatic heterocycles. The number of rotatable bonds is 3. The van der Waals surface area contributed by atoms with Gasteiger partial charge in [-0.05, 0) is 26.7 Å². The zero-order chi connectivity index (χ0) is 11.6. The molecule has 1 fully saturated rings. The number of carboxylic acid groups (broad SMARTS) is 2. The molecule has 1 aliphatic rings. The van der Waals surface area contributed by atoms with E-state index in [4.69, 9.17) is 14.9 Å². The van der Waals surface area contributed by atoms with E-state index in [0.717, 1.165) is 4.90 Å². The first-order chi connectivity index (χ1) is 6.93. The van der Waals surface area contributed by atoms with Crippen molar-refractivity contribution in [1.82, 2.24) is 4.90 Å². The van der Waals surface area contributed by atoms with Gasteiger partial charge in [0.25, 0.3) is 0 Å². The Morgan fingerprint density at radius 3 is 2.33 bits per heavy atom. The molecule has 0 radical (unpaired) electrons. The van der Waals surface area contributed by atoms with Crippen LogP contribution in [0.15, 0.2) is 0 Å². The van der Waals surface area contributed by atoms with E-state index >= 15 is 0 Å². The third-order valence-electron chi connectivity index (χ3n) is 2.27. The first-order valence-electron chi connectivity index (χ1n) is 4.83. The van der Waals surface area contributed by atoms with Gasteiger partial charge in [-0.15, -0.1) is 0 Å². The van der Waals surface area contributed by atoms with Crippen molar-refractivity contribution in [1.29, 1.82) is 0 Å². The van der Waals surface area contributed by atoms with Crippen LogP contribution >= 0.6 is 0 Å². The van der Waals surface area contributed by atoms with Gasteiger partial charge in [-0.1, -0.05) is 0 Å². The molecular formula is C9H15NO5. The Balaban J connectivity index is 2.75. The predicted octanol–water partition coefficient (Wildman–Crippen LogP) is 0.965. The number of aliphatic carboxylic acids is 1. The van der Waals surface area contributed by atoms with Crippen LogP contribution in [0.1, 0.15) is 26.7 Å². The largest absolute Gasteiger partial charge is 0.480 e. The lowest BCUT2D eigenvalue weighted by molar-refractivity contribution is -0.145. The molecule has 6 heteroatoms. The number of carboxylic acids is 1. The summed E-state index contributed by atoms with van der Waals surface area (Å²) in [6.07, 6.45) is -1.26. The highest BCUT2D eigenvalue weighted by Gasteiger charge is 2.42. The monoisotopic (exact) mass is 217 g/mol. The van der Waals surface area contributed by atoms with Crippen LogP contribution in [0, 0.1) is 0 Å². The van der Waals surface area contributed by atoms with Gasteiger partial charge in [-0.2, -0.15) is 0 Å². The first-order valence-corrected chi connectivity index (χ1v) is 4.83. The van der Waals surface area contributed by atoms with Crippen LogP contribution in [0.2, 0.25) is 0 Å². The lowest BCUT2D eigenvalue weighted by Crippen LogP contribution is -2.45. The third kappa shape index (κ3) is 2.59. The van der Waals surface area contributed by atoms with Crippen LogP contribution in [0.3, 0.4) is 0 Å². The Morgan fingerprint density at radius 1 is 1.33 bits per heavy atom. The molecule has 86 valence electrons. The second kappa shape index (κ2) is 4.48. The lowest BCUT2D eigenvalue weighted by Gasteiger charge is -2.26. The lowest BCUT2D eigenvalue weighted by atomic mass is 10.2. The van der Waals surface area contributed by atoms with E-state index in [1.54, 1.807) is 13.8 Å². The first kappa shape index (κ1) is 11.8. The van der Waals surface area contributed by atoms with E-state index < -0.39 is 24.3 Å². The maximum atomic E-state index is 10.9. The van der Waals surface area contributed by atoms with Crippen molar-refractivity contribution in [2.24, 2.45) is 0 Å². The molecule has 1 heterocycles. The van der Waals surface area contributed by atoms with Gasteiger partial charge < -0.3 is 14.9 Å². The van der Waals surface area contributed by atoms with Crippen molar-refractivity contribution in [3.63, 3.8) is 0 Å². The fourth-order valence-corrected chi connectivity index (χ4v) is 1.73. The Bertz CT molecular complexity index is 265. The molecule has 1 rings (SSSR count). The summed E-state index contributed by atoms with van der Waals surface area (Å²) in [5.41, 5.74) is 0. The van der Waals surface area contributed by atoms with Gasteiger partial charge >= 0.3 is 12.1 Å². The summed E-state index contributed by atoms with van der Waals surface area (Å²) in [5, 5.41) is 17.7. The minimum atomic E-state index is -1.24. The molecule has 0 aromatic rings. The fourth-order valence-electron chi connectivity index (χ4n) is 1.73. The standard InChI is InChI=1S/C9H15NO5/c1-5(2)15-7-4-3-6(8(11)12)10(7)9(13)14/h5-7H,3-4H2,1-2H3,(H,11,12)(H,13,14)/t6-,7?/m0/s1. The average molecular weight is 217 g/mol. The number of carbonyl (C=O) groups is 2. The second-order valence-electron chi connectivity index (χ2n) is 3.76. The SMILES string of the molecule is CC(C)OC1CC[C@@H](C(=O)O)N1C(=O)O. The van der Waals surface area contributed by atoms with Gasteiger partial charge in [-0.25, -0.2) is 9.59 Å². The Hall–Kier alpha value is -1.30. The van der Waals surface area contributed by atoms with Crippen molar-refractivity contribution in [2.45, 2.75) is 45.1 Å². The quantitative estimate of drug-likeness (QED) is 0.735. The van der Waals surface area contributed by atoms with E-state index in [1.807, 2.05) is 0 Å². The molecule has 1 amide bonds. The van der Waals surface area contributed by atoms with Crippen LogP contribution in [0.4, 0.5) is 4.79 Å². The molecule has 1 aliphatic heterocycles. The van der Waals surface area contributed by atoms with Crippen molar-refractivity contribution in [3.05, 3.63) is 0 Å². The zero-order valence-electron chi connectivity index (χ0n) is 8.71. The maximum Gasteiger partial charge on any atom is 0.410 e. The second-order valence-corrected chi connectivity index (χ2v) is 3.76. The molecule has 0 spiro atoms. The number of likely N-dealkylation sites (tertiary alicyclic amines) is 1. The molecule has 15 heavy (non-hydrogen) atoms. The number of nitrogens with zero attached hydrogens (tertiary/aromatic N) is 1. The summed E-state index contributed by atoms with van der Waals surface area (Å²) in [4.78, 5) is 22.6. The van der Waals surface area contributed by atoms with Crippen molar-refractivity contribution in [2.75, 3.05) is 0 Å². The maximum absolute atomic E-state index is 10.9. The van der Waals surface area contributed by atoms with Gasteiger partial charge in [-0.3, -0.25) is 4.90 Å². The molecule has 0 aromatic carbocycles. The summed E-state index contributed by atoms with van der Waals surface area (Å²) in [6.45, 7) is 3.57. The smallest absolute Gasteiger partial charge is 0.410 e. The summed E-state index contributed by atoms with van der Waals surface area (Å²) in [7, 11) is 0. The molecule has 0 aliphatic carbocycles. The summed E-state index contributed by atoms with van der Waals surface area (Å²) >= 11 is 0. The van der Waals surface area contributed by atoms with Crippen LogP contribution < -0.4 is 0 Å². The molecule has 1 unspecified atom stereocenters. The Kier molecular flexibility index (Phi) is 3.52. The minimum Gasteiger partial charge on any atom is -0.480 e. The van der Waals surface area contributed by atoms with Crippen molar-refractivity contribution >= 4 is 12.1 Å². The van der Waals surface area contributed by atoms with Gasteiger partial charge in [0.15, 0.2) is 0 Å². The van der Waals surface area contributed by atoms with E-state index in [0.29, 0.717) is 12.8 Å². The number of hydrogen-bond acceptors (Lipinski definition) is 3. The highest BCUT2D eigenvalue weighted by molar-refractivity contribution is 5.80. The molecule has 2 atom stereocenters. The molecule has 2 N–H and O–H groups in total. The molecule has 0 bridgehead atoms. The number of ether oxygens (including phenoxy) is 1. The fraction of sp³-hybridized carbons (Fsp3) is 0.778. The van der Waals surface area contributed by atoms with Crippen LogP contribution in [0.25, 0.3) is 0 Å². The molecule has 0 saturated carbocycles. The Morgan fingerprint density at radius 2 is 1.93 bits per heavy atom. The van der Waals surface area contributed by atoms with Gasteiger partial charge in [0, 0.05) is 0 Å². The van der Waals surface area contributed by atoms with Crippen LogP contribution in [0.5, 0.6) is 0 Å². The van der Waals surface area contributed by atoms with Gasteiger partial charge in [0.2, 0.25) is 0 Å². The van der Waals surface area contributed by atoms with Crippen molar-refractivity contribution in [3.8, 4) is 0 Å². The number of hydrogen-bond donors (Lipinski definition) is 2. The summed E-state index contributed by atoms with van der Waals surface area (Å²) < 4.78 is 5.35. The zero-order valence-corrected chi connectivity index (χ0v) is 8.71. The molecule has 6 nitrogen and oxygen atoms in total. The third-order valence-corrected chi connectivity index (χ3v) is 2.27. The van der Waals surface area contributed by atoms with Gasteiger partial charge in [0.1, 0.15) is 12.3 Å². The van der Waals surface area contributed by atoms with Gasteiger partial charge in [0.05, 0.1) is 6.10 Å². The van der Waals surface area contributed by atoms with E-state index in [1.165, 1.54) is 0 Å². The average Bonchev–Trinajstić information content (AvgIpc) is 2.46. The number of amides is 1. The predicted molar refractivity (Wildman–Crippen MR) is 50.5 cm³/mol. The van der Waals surface area contributed by atoms with E-state index in [9.17, 15) is 9.59 Å². The Labute approximate surface area is 87.4 Å². The highest BCUT2D eigenvalue weighted by atomic mass is 16.5. The normalized spacial score (nSPS) is 25.9. The highest BCUT2D eigenvalue weighted by Crippen LogP contribution is 2.26. The minimum absolute atomic E-state index is 0.121.